The molecule has 0 saturated carbocycles. The van der Waals surface area contributed by atoms with Crippen LogP contribution in [0.5, 0.6) is 0 Å². The highest BCUT2D eigenvalue weighted by atomic mass is 79.9. The molecule has 0 fully saturated rings. The molecule has 2 N–H and O–H groups in total. The van der Waals surface area contributed by atoms with Crippen molar-refractivity contribution in [2.75, 3.05) is 32.8 Å². The van der Waals surface area contributed by atoms with E-state index in [1.54, 1.807) is 0 Å². The highest BCUT2D eigenvalue weighted by Crippen LogP contribution is 2.20. The molecule has 0 spiro atoms. The monoisotopic (exact) mass is 356 g/mol. The van der Waals surface area contributed by atoms with Gasteiger partial charge in [0.25, 0.3) is 0 Å². The molecule has 0 saturated heterocycles. The van der Waals surface area contributed by atoms with Gasteiger partial charge in [0.05, 0.1) is 0 Å². The zero-order chi connectivity index (χ0) is 15.5. The van der Waals surface area contributed by atoms with Crippen LogP contribution in [0.3, 0.4) is 0 Å². The van der Waals surface area contributed by atoms with Crippen LogP contribution in [0.4, 0.5) is 0 Å². The maximum Gasteiger partial charge on any atom is 0.0443 e. The quantitative estimate of drug-likeness (QED) is 0.635. The Hall–Kier alpha value is -0.420. The molecule has 0 aliphatic heterocycles. The summed E-state index contributed by atoms with van der Waals surface area (Å²) in [5.41, 5.74) is 1.35. The second-order valence-electron chi connectivity index (χ2n) is 5.36. The SMILES string of the molecule is CCCNC(CCN(CC)CCCO)c1ccc(Br)cc1. The highest BCUT2D eigenvalue weighted by molar-refractivity contribution is 9.10. The summed E-state index contributed by atoms with van der Waals surface area (Å²) in [6.07, 6.45) is 3.11. The summed E-state index contributed by atoms with van der Waals surface area (Å²) in [4.78, 5) is 2.41. The molecule has 0 heterocycles. The van der Waals surface area contributed by atoms with Crippen LogP contribution in [0.1, 0.15) is 44.7 Å². The van der Waals surface area contributed by atoms with Crippen LogP contribution in [0.25, 0.3) is 0 Å². The minimum absolute atomic E-state index is 0.278. The summed E-state index contributed by atoms with van der Waals surface area (Å²) in [6, 6.07) is 9.02. The van der Waals surface area contributed by atoms with Gasteiger partial charge in [-0.15, -0.1) is 0 Å². The minimum atomic E-state index is 0.278. The first-order valence-corrected chi connectivity index (χ1v) is 8.82. The smallest absolute Gasteiger partial charge is 0.0443 e. The summed E-state index contributed by atoms with van der Waals surface area (Å²) < 4.78 is 1.12. The number of aliphatic hydroxyl groups is 1. The Labute approximate surface area is 137 Å². The molecule has 3 nitrogen and oxygen atoms in total. The maximum absolute atomic E-state index is 8.96. The van der Waals surface area contributed by atoms with Crippen LogP contribution in [-0.4, -0.2) is 42.8 Å². The summed E-state index contributed by atoms with van der Waals surface area (Å²) in [7, 11) is 0. The van der Waals surface area contributed by atoms with Crippen molar-refractivity contribution < 1.29 is 5.11 Å². The molecule has 1 aromatic carbocycles. The Morgan fingerprint density at radius 2 is 1.90 bits per heavy atom. The van der Waals surface area contributed by atoms with Crippen LogP contribution in [0, 0.1) is 0 Å². The molecule has 120 valence electrons. The van der Waals surface area contributed by atoms with Crippen LogP contribution >= 0.6 is 15.9 Å². The van der Waals surface area contributed by atoms with Crippen molar-refractivity contribution in [3.63, 3.8) is 0 Å². The molecule has 0 aromatic heterocycles. The summed E-state index contributed by atoms with van der Waals surface area (Å²) in [5, 5.41) is 12.6. The standard InChI is InChI=1S/C17H29BrN2O/c1-3-11-19-17(15-6-8-16(18)9-7-15)10-13-20(4-2)12-5-14-21/h6-9,17,19,21H,3-5,10-14H2,1-2H3. The molecule has 0 radical (unpaired) electrons. The van der Waals surface area contributed by atoms with E-state index < -0.39 is 0 Å². The van der Waals surface area contributed by atoms with Crippen LogP contribution in [0.2, 0.25) is 0 Å². The van der Waals surface area contributed by atoms with Gasteiger partial charge in [-0.3, -0.25) is 0 Å². The van der Waals surface area contributed by atoms with E-state index in [0.717, 1.165) is 49.9 Å². The Balaban J connectivity index is 2.58. The minimum Gasteiger partial charge on any atom is -0.396 e. The van der Waals surface area contributed by atoms with E-state index in [9.17, 15) is 0 Å². The van der Waals surface area contributed by atoms with Crippen LogP contribution in [0.15, 0.2) is 28.7 Å². The van der Waals surface area contributed by atoms with E-state index in [1.165, 1.54) is 5.56 Å². The third-order valence-electron chi connectivity index (χ3n) is 3.73. The predicted molar refractivity (Wildman–Crippen MR) is 93.6 cm³/mol. The number of aliphatic hydroxyl groups excluding tert-OH is 1. The second kappa shape index (κ2) is 11.2. The molecular formula is C17H29BrN2O. The van der Waals surface area contributed by atoms with E-state index in [4.69, 9.17) is 5.11 Å². The molecule has 0 amide bonds. The van der Waals surface area contributed by atoms with E-state index in [1.807, 2.05) is 0 Å². The fraction of sp³-hybridized carbons (Fsp3) is 0.647. The Morgan fingerprint density at radius 1 is 1.19 bits per heavy atom. The van der Waals surface area contributed by atoms with Gasteiger partial charge >= 0.3 is 0 Å². The molecule has 0 bridgehead atoms. The molecule has 21 heavy (non-hydrogen) atoms. The van der Waals surface area contributed by atoms with Crippen molar-refractivity contribution in [3.8, 4) is 0 Å². The van der Waals surface area contributed by atoms with Gasteiger partial charge < -0.3 is 15.3 Å². The first kappa shape index (κ1) is 18.6. The Bertz CT molecular complexity index is 370. The third kappa shape index (κ3) is 7.41. The third-order valence-corrected chi connectivity index (χ3v) is 4.26. The zero-order valence-electron chi connectivity index (χ0n) is 13.3. The molecule has 1 aromatic rings. The number of nitrogens with zero attached hydrogens (tertiary/aromatic N) is 1. The first-order valence-electron chi connectivity index (χ1n) is 8.03. The number of rotatable bonds is 11. The summed E-state index contributed by atoms with van der Waals surface area (Å²) >= 11 is 3.50. The van der Waals surface area contributed by atoms with Crippen molar-refractivity contribution in [2.24, 2.45) is 0 Å². The number of halogens is 1. The Morgan fingerprint density at radius 3 is 2.48 bits per heavy atom. The Kier molecular flexibility index (Phi) is 9.92. The molecular weight excluding hydrogens is 328 g/mol. The van der Waals surface area contributed by atoms with Gasteiger partial charge in [-0.05, 0) is 56.6 Å². The molecule has 1 rings (SSSR count). The predicted octanol–water partition coefficient (Wildman–Crippen LogP) is 3.58. The molecule has 0 aliphatic carbocycles. The number of hydrogen-bond acceptors (Lipinski definition) is 3. The van der Waals surface area contributed by atoms with E-state index in [2.05, 4.69) is 64.3 Å². The lowest BCUT2D eigenvalue weighted by atomic mass is 10.0. The topological polar surface area (TPSA) is 35.5 Å². The van der Waals surface area contributed by atoms with Gasteiger partial charge in [-0.1, -0.05) is 41.9 Å². The largest absolute Gasteiger partial charge is 0.396 e. The average Bonchev–Trinajstić information content (AvgIpc) is 2.51. The van der Waals surface area contributed by atoms with Gasteiger partial charge in [0.15, 0.2) is 0 Å². The fourth-order valence-corrected chi connectivity index (χ4v) is 2.70. The van der Waals surface area contributed by atoms with Crippen molar-refractivity contribution in [3.05, 3.63) is 34.3 Å². The molecule has 1 atom stereocenters. The van der Waals surface area contributed by atoms with Crippen molar-refractivity contribution in [1.29, 1.82) is 0 Å². The number of nitrogens with one attached hydrogen (secondary N) is 1. The lowest BCUT2D eigenvalue weighted by Crippen LogP contribution is -2.31. The number of hydrogen-bond donors (Lipinski definition) is 2. The lowest BCUT2D eigenvalue weighted by Gasteiger charge is -2.25. The van der Waals surface area contributed by atoms with Crippen molar-refractivity contribution in [2.45, 2.75) is 39.2 Å². The van der Waals surface area contributed by atoms with Crippen molar-refractivity contribution >= 4 is 15.9 Å². The number of benzene rings is 1. The lowest BCUT2D eigenvalue weighted by molar-refractivity contribution is 0.222. The van der Waals surface area contributed by atoms with Gasteiger partial charge in [0.2, 0.25) is 0 Å². The van der Waals surface area contributed by atoms with E-state index >= 15 is 0 Å². The van der Waals surface area contributed by atoms with Crippen LogP contribution < -0.4 is 5.32 Å². The van der Waals surface area contributed by atoms with Gasteiger partial charge in [0.1, 0.15) is 0 Å². The summed E-state index contributed by atoms with van der Waals surface area (Å²) in [6.45, 7) is 8.80. The van der Waals surface area contributed by atoms with Crippen molar-refractivity contribution in [1.82, 2.24) is 10.2 Å². The summed E-state index contributed by atoms with van der Waals surface area (Å²) in [5.74, 6) is 0. The average molecular weight is 357 g/mol. The maximum atomic E-state index is 8.96. The second-order valence-corrected chi connectivity index (χ2v) is 6.27. The normalized spacial score (nSPS) is 12.8. The molecule has 1 unspecified atom stereocenters. The zero-order valence-corrected chi connectivity index (χ0v) is 14.9. The molecule has 4 heteroatoms. The van der Waals surface area contributed by atoms with E-state index in [-0.39, 0.29) is 6.61 Å². The molecule has 0 aliphatic rings. The fourth-order valence-electron chi connectivity index (χ4n) is 2.43. The van der Waals surface area contributed by atoms with Crippen LogP contribution in [-0.2, 0) is 0 Å². The van der Waals surface area contributed by atoms with Gasteiger partial charge in [-0.2, -0.15) is 0 Å². The van der Waals surface area contributed by atoms with Gasteiger partial charge in [-0.25, -0.2) is 0 Å². The van der Waals surface area contributed by atoms with Gasteiger partial charge in [0, 0.05) is 23.7 Å². The first-order chi connectivity index (χ1) is 10.2. The van der Waals surface area contributed by atoms with E-state index in [0.29, 0.717) is 6.04 Å². The highest BCUT2D eigenvalue weighted by Gasteiger charge is 2.12.